The molecule has 1 aromatic carbocycles. The van der Waals surface area contributed by atoms with Crippen molar-refractivity contribution in [3.63, 3.8) is 0 Å². The molecule has 8 heteroatoms. The molecule has 1 saturated heterocycles. The predicted octanol–water partition coefficient (Wildman–Crippen LogP) is 2.20. The first-order chi connectivity index (χ1) is 13.5. The molecular formula is C20H30N4O4. The van der Waals surface area contributed by atoms with Gasteiger partial charge >= 0.3 is 6.03 Å². The fourth-order valence-corrected chi connectivity index (χ4v) is 3.11. The highest BCUT2D eigenvalue weighted by Crippen LogP contribution is 2.16. The number of piperidine rings is 1. The third-order valence-electron chi connectivity index (χ3n) is 4.79. The number of nitrogens with one attached hydrogen (secondary N) is 2. The number of hydrazine groups is 1. The molecule has 4 amide bonds. The number of carbonyl (C=O) groups is 3. The van der Waals surface area contributed by atoms with Gasteiger partial charge in [0.05, 0.1) is 12.5 Å². The van der Waals surface area contributed by atoms with Gasteiger partial charge in [-0.05, 0) is 43.5 Å². The average molecular weight is 390 g/mol. The summed E-state index contributed by atoms with van der Waals surface area (Å²) in [5.74, 6) is -0.410. The maximum atomic E-state index is 12.2. The Labute approximate surface area is 165 Å². The van der Waals surface area contributed by atoms with Crippen molar-refractivity contribution in [3.05, 3.63) is 29.8 Å². The predicted molar refractivity (Wildman–Crippen MR) is 106 cm³/mol. The van der Waals surface area contributed by atoms with E-state index in [1.165, 1.54) is 17.7 Å². The highest BCUT2D eigenvalue weighted by molar-refractivity contribution is 5.95. The van der Waals surface area contributed by atoms with Crippen molar-refractivity contribution in [1.82, 2.24) is 15.8 Å². The van der Waals surface area contributed by atoms with E-state index in [9.17, 15) is 14.4 Å². The van der Waals surface area contributed by atoms with Gasteiger partial charge in [0.15, 0.2) is 0 Å². The number of likely N-dealkylation sites (tertiary alicyclic amines) is 1. The van der Waals surface area contributed by atoms with Crippen molar-refractivity contribution in [2.24, 2.45) is 11.7 Å². The molecule has 1 aliphatic heterocycles. The van der Waals surface area contributed by atoms with E-state index >= 15 is 0 Å². The van der Waals surface area contributed by atoms with Gasteiger partial charge in [0.1, 0.15) is 5.75 Å². The van der Waals surface area contributed by atoms with Crippen LogP contribution in [0.4, 0.5) is 4.79 Å². The van der Waals surface area contributed by atoms with Gasteiger partial charge in [-0.25, -0.2) is 4.79 Å². The van der Waals surface area contributed by atoms with Crippen LogP contribution in [-0.2, 0) is 4.79 Å². The second kappa shape index (κ2) is 11.2. The molecule has 0 radical (unpaired) electrons. The molecule has 8 nitrogen and oxygen atoms in total. The van der Waals surface area contributed by atoms with Crippen LogP contribution < -0.4 is 21.3 Å². The molecule has 0 saturated carbocycles. The molecule has 0 spiro atoms. The minimum Gasteiger partial charge on any atom is -0.494 e. The molecule has 1 fully saturated rings. The zero-order valence-electron chi connectivity index (χ0n) is 16.4. The third kappa shape index (κ3) is 6.75. The quantitative estimate of drug-likeness (QED) is 0.466. The minimum atomic E-state index is -0.533. The number of carbonyl (C=O) groups excluding carboxylic acids is 3. The van der Waals surface area contributed by atoms with Crippen LogP contribution in [0.25, 0.3) is 0 Å². The van der Waals surface area contributed by atoms with Crippen molar-refractivity contribution in [2.75, 3.05) is 19.7 Å². The fourth-order valence-electron chi connectivity index (χ4n) is 3.11. The normalized spacial score (nSPS) is 16.3. The number of ether oxygens (including phenoxy) is 1. The SMILES string of the molecule is CCCCCCOc1ccc(C(=O)NNC(=O)C2CCCN(C(N)=O)C2)cc1. The first-order valence-electron chi connectivity index (χ1n) is 9.88. The molecule has 0 bridgehead atoms. The van der Waals surface area contributed by atoms with E-state index in [1.54, 1.807) is 24.3 Å². The molecule has 1 heterocycles. The molecule has 2 rings (SSSR count). The zero-order chi connectivity index (χ0) is 20.4. The van der Waals surface area contributed by atoms with Gasteiger partial charge < -0.3 is 15.4 Å². The second-order valence-electron chi connectivity index (χ2n) is 7.00. The van der Waals surface area contributed by atoms with Crippen LogP contribution in [0.1, 0.15) is 55.8 Å². The number of hydrogen-bond donors (Lipinski definition) is 3. The smallest absolute Gasteiger partial charge is 0.314 e. The van der Waals surface area contributed by atoms with E-state index < -0.39 is 11.9 Å². The van der Waals surface area contributed by atoms with Crippen LogP contribution in [0, 0.1) is 5.92 Å². The maximum absolute atomic E-state index is 12.2. The fraction of sp³-hybridized carbons (Fsp3) is 0.550. The highest BCUT2D eigenvalue weighted by Gasteiger charge is 2.27. The summed E-state index contributed by atoms with van der Waals surface area (Å²) in [6.07, 6.45) is 5.90. The van der Waals surface area contributed by atoms with E-state index in [0.29, 0.717) is 37.3 Å². The van der Waals surface area contributed by atoms with Gasteiger partial charge in [0.25, 0.3) is 5.91 Å². The van der Waals surface area contributed by atoms with Crippen LogP contribution >= 0.6 is 0 Å². The molecule has 0 aliphatic carbocycles. The van der Waals surface area contributed by atoms with E-state index in [-0.39, 0.29) is 18.4 Å². The molecule has 1 aromatic rings. The van der Waals surface area contributed by atoms with E-state index in [4.69, 9.17) is 10.5 Å². The topological polar surface area (TPSA) is 114 Å². The number of benzene rings is 1. The number of nitrogens with zero attached hydrogens (tertiary/aromatic N) is 1. The lowest BCUT2D eigenvalue weighted by atomic mass is 9.98. The Kier molecular flexibility index (Phi) is 8.58. The standard InChI is InChI=1S/C20H30N4O4/c1-2-3-4-5-13-28-17-10-8-15(9-11-17)18(25)22-23-19(26)16-7-6-12-24(14-16)20(21)27/h8-11,16H,2-7,12-14H2,1H3,(H2,21,27)(H,22,25)(H,23,26). The lowest BCUT2D eigenvalue weighted by Gasteiger charge is -2.30. The summed E-state index contributed by atoms with van der Waals surface area (Å²) < 4.78 is 5.65. The molecule has 1 aliphatic rings. The largest absolute Gasteiger partial charge is 0.494 e. The summed E-state index contributed by atoms with van der Waals surface area (Å²) in [5.41, 5.74) is 10.5. The second-order valence-corrected chi connectivity index (χ2v) is 7.00. The number of primary amides is 1. The van der Waals surface area contributed by atoms with Crippen molar-refractivity contribution in [2.45, 2.75) is 45.4 Å². The van der Waals surface area contributed by atoms with Crippen LogP contribution in [0.3, 0.4) is 0 Å². The van der Waals surface area contributed by atoms with Crippen molar-refractivity contribution in [1.29, 1.82) is 0 Å². The molecule has 28 heavy (non-hydrogen) atoms. The molecule has 1 unspecified atom stereocenters. The summed E-state index contributed by atoms with van der Waals surface area (Å²) in [5, 5.41) is 0. The summed E-state index contributed by atoms with van der Waals surface area (Å²) in [6.45, 7) is 3.64. The molecule has 4 N–H and O–H groups in total. The lowest BCUT2D eigenvalue weighted by molar-refractivity contribution is -0.127. The number of urea groups is 1. The first kappa shape index (κ1) is 21.5. The highest BCUT2D eigenvalue weighted by atomic mass is 16.5. The van der Waals surface area contributed by atoms with E-state index in [0.717, 1.165) is 12.8 Å². The van der Waals surface area contributed by atoms with E-state index in [1.807, 2.05) is 0 Å². The average Bonchev–Trinajstić information content (AvgIpc) is 2.72. The Bertz CT molecular complexity index is 663. The van der Waals surface area contributed by atoms with Gasteiger partial charge in [-0.1, -0.05) is 26.2 Å². The number of rotatable bonds is 8. The van der Waals surface area contributed by atoms with Gasteiger partial charge in [-0.15, -0.1) is 0 Å². The van der Waals surface area contributed by atoms with Crippen molar-refractivity contribution in [3.8, 4) is 5.75 Å². The molecular weight excluding hydrogens is 360 g/mol. The summed E-state index contributed by atoms with van der Waals surface area (Å²) in [7, 11) is 0. The summed E-state index contributed by atoms with van der Waals surface area (Å²) >= 11 is 0. The minimum absolute atomic E-state index is 0.265. The summed E-state index contributed by atoms with van der Waals surface area (Å²) in [4.78, 5) is 37.1. The Hall–Kier alpha value is -2.77. The maximum Gasteiger partial charge on any atom is 0.314 e. The monoisotopic (exact) mass is 390 g/mol. The van der Waals surface area contributed by atoms with E-state index in [2.05, 4.69) is 17.8 Å². The number of amides is 4. The lowest BCUT2D eigenvalue weighted by Crippen LogP contribution is -2.50. The Morgan fingerprint density at radius 1 is 1.14 bits per heavy atom. The van der Waals surface area contributed by atoms with Gasteiger partial charge in [0, 0.05) is 18.7 Å². The summed E-state index contributed by atoms with van der Waals surface area (Å²) in [6, 6.07) is 6.25. The molecule has 154 valence electrons. The number of unbranched alkanes of at least 4 members (excludes halogenated alkanes) is 3. The Morgan fingerprint density at radius 3 is 2.57 bits per heavy atom. The van der Waals surface area contributed by atoms with Gasteiger partial charge in [-0.3, -0.25) is 20.4 Å². The molecule has 0 aromatic heterocycles. The van der Waals surface area contributed by atoms with Gasteiger partial charge in [-0.2, -0.15) is 0 Å². The Balaban J connectivity index is 1.75. The van der Waals surface area contributed by atoms with Crippen molar-refractivity contribution < 1.29 is 19.1 Å². The third-order valence-corrected chi connectivity index (χ3v) is 4.79. The Morgan fingerprint density at radius 2 is 1.89 bits per heavy atom. The zero-order valence-corrected chi connectivity index (χ0v) is 16.4. The van der Waals surface area contributed by atoms with Crippen LogP contribution in [0.5, 0.6) is 5.75 Å². The van der Waals surface area contributed by atoms with Crippen LogP contribution in [0.2, 0.25) is 0 Å². The number of hydrogen-bond acceptors (Lipinski definition) is 4. The van der Waals surface area contributed by atoms with Gasteiger partial charge in [0.2, 0.25) is 5.91 Å². The van der Waals surface area contributed by atoms with Crippen LogP contribution in [-0.4, -0.2) is 42.4 Å². The van der Waals surface area contributed by atoms with Crippen molar-refractivity contribution >= 4 is 17.8 Å². The van der Waals surface area contributed by atoms with Crippen LogP contribution in [0.15, 0.2) is 24.3 Å². The number of nitrogens with two attached hydrogens (primary N) is 1. The first-order valence-corrected chi connectivity index (χ1v) is 9.88. The molecule has 1 atom stereocenters.